The highest BCUT2D eigenvalue weighted by atomic mass is 79.9. The van der Waals surface area contributed by atoms with Crippen LogP contribution in [0.1, 0.15) is 0 Å². The van der Waals surface area contributed by atoms with E-state index in [4.69, 9.17) is 10.5 Å². The van der Waals surface area contributed by atoms with Gasteiger partial charge in [-0.25, -0.2) is 0 Å². The van der Waals surface area contributed by atoms with Crippen LogP contribution in [0.5, 0.6) is 5.75 Å². The molecule has 3 N–H and O–H groups in total. The van der Waals surface area contributed by atoms with Gasteiger partial charge in [-0.3, -0.25) is 4.79 Å². The van der Waals surface area contributed by atoms with Crippen LogP contribution in [0.2, 0.25) is 0 Å². The number of anilines is 2. The lowest BCUT2D eigenvalue weighted by molar-refractivity contribution is -0.113. The number of methoxy groups -OCH3 is 1. The largest absolute Gasteiger partial charge is 0.497 e. The van der Waals surface area contributed by atoms with Crippen LogP contribution >= 0.6 is 27.7 Å². The summed E-state index contributed by atoms with van der Waals surface area (Å²) < 4.78 is 6.01. The Hall–Kier alpha value is -1.66. The summed E-state index contributed by atoms with van der Waals surface area (Å²) in [5, 5.41) is 2.83. The van der Waals surface area contributed by atoms with Crippen LogP contribution in [0.25, 0.3) is 0 Å². The number of hydrogen-bond acceptors (Lipinski definition) is 4. The normalized spacial score (nSPS) is 10.2. The Morgan fingerprint density at radius 1 is 1.29 bits per heavy atom. The summed E-state index contributed by atoms with van der Waals surface area (Å²) in [5.74, 6) is 0.973. The molecule has 0 spiro atoms. The van der Waals surface area contributed by atoms with Crippen LogP contribution in [0, 0.1) is 0 Å². The SMILES string of the molecule is COc1ccc(NC(=O)CSc2cc(Br)ccc2N)cc1. The third kappa shape index (κ3) is 4.68. The van der Waals surface area contributed by atoms with E-state index in [1.165, 1.54) is 11.8 Å². The van der Waals surface area contributed by atoms with E-state index >= 15 is 0 Å². The molecule has 0 aromatic heterocycles. The Morgan fingerprint density at radius 2 is 2.00 bits per heavy atom. The second-order valence-corrected chi connectivity index (χ2v) is 6.18. The Kier molecular flexibility index (Phi) is 5.52. The zero-order chi connectivity index (χ0) is 15.2. The van der Waals surface area contributed by atoms with E-state index in [2.05, 4.69) is 21.2 Å². The third-order valence-electron chi connectivity index (χ3n) is 2.71. The van der Waals surface area contributed by atoms with Crippen molar-refractivity contribution >= 4 is 45.0 Å². The van der Waals surface area contributed by atoms with Crippen LogP contribution in [-0.4, -0.2) is 18.8 Å². The molecule has 0 unspecified atom stereocenters. The van der Waals surface area contributed by atoms with E-state index in [9.17, 15) is 4.79 Å². The lowest BCUT2D eigenvalue weighted by atomic mass is 10.3. The lowest BCUT2D eigenvalue weighted by Gasteiger charge is -2.08. The number of thioether (sulfide) groups is 1. The number of amides is 1. The smallest absolute Gasteiger partial charge is 0.234 e. The second kappa shape index (κ2) is 7.38. The summed E-state index contributed by atoms with van der Waals surface area (Å²) in [6.45, 7) is 0. The molecule has 0 aliphatic rings. The van der Waals surface area contributed by atoms with E-state index in [0.717, 1.165) is 20.8 Å². The van der Waals surface area contributed by atoms with Crippen molar-refractivity contribution < 1.29 is 9.53 Å². The summed E-state index contributed by atoms with van der Waals surface area (Å²) in [4.78, 5) is 12.8. The van der Waals surface area contributed by atoms with E-state index < -0.39 is 0 Å². The van der Waals surface area contributed by atoms with Crippen molar-refractivity contribution in [3.05, 3.63) is 46.9 Å². The summed E-state index contributed by atoms with van der Waals surface area (Å²) in [6.07, 6.45) is 0. The molecule has 110 valence electrons. The van der Waals surface area contributed by atoms with Crippen molar-refractivity contribution in [1.82, 2.24) is 0 Å². The fourth-order valence-corrected chi connectivity index (χ4v) is 2.96. The van der Waals surface area contributed by atoms with Gasteiger partial charge >= 0.3 is 0 Å². The molecule has 0 aliphatic heterocycles. The number of benzene rings is 2. The van der Waals surface area contributed by atoms with Gasteiger partial charge in [0, 0.05) is 20.7 Å². The highest BCUT2D eigenvalue weighted by Crippen LogP contribution is 2.28. The van der Waals surface area contributed by atoms with Crippen LogP contribution in [0.4, 0.5) is 11.4 Å². The van der Waals surface area contributed by atoms with Gasteiger partial charge in [0.2, 0.25) is 5.91 Å². The number of nitrogens with one attached hydrogen (secondary N) is 1. The van der Waals surface area contributed by atoms with Crippen molar-refractivity contribution in [3.8, 4) is 5.75 Å². The molecule has 0 heterocycles. The van der Waals surface area contributed by atoms with Crippen molar-refractivity contribution in [1.29, 1.82) is 0 Å². The summed E-state index contributed by atoms with van der Waals surface area (Å²) in [5.41, 5.74) is 7.28. The molecule has 2 rings (SSSR count). The van der Waals surface area contributed by atoms with Gasteiger partial charge in [0.25, 0.3) is 0 Å². The maximum Gasteiger partial charge on any atom is 0.234 e. The minimum atomic E-state index is -0.0791. The molecule has 0 aliphatic carbocycles. The van der Waals surface area contributed by atoms with Gasteiger partial charge in [0.15, 0.2) is 0 Å². The van der Waals surface area contributed by atoms with E-state index in [0.29, 0.717) is 11.4 Å². The zero-order valence-corrected chi connectivity index (χ0v) is 13.8. The molecule has 21 heavy (non-hydrogen) atoms. The van der Waals surface area contributed by atoms with Gasteiger partial charge in [0.1, 0.15) is 5.75 Å². The minimum absolute atomic E-state index is 0.0791. The van der Waals surface area contributed by atoms with Gasteiger partial charge in [-0.05, 0) is 42.5 Å². The Labute approximate surface area is 136 Å². The quantitative estimate of drug-likeness (QED) is 0.624. The molecular weight excluding hydrogens is 352 g/mol. The minimum Gasteiger partial charge on any atom is -0.497 e. The number of nitrogens with two attached hydrogens (primary N) is 1. The number of carbonyl (C=O) groups is 1. The Bertz CT molecular complexity index is 632. The fraction of sp³-hybridized carbons (Fsp3) is 0.133. The van der Waals surface area contributed by atoms with Gasteiger partial charge < -0.3 is 15.8 Å². The summed E-state index contributed by atoms with van der Waals surface area (Å²) >= 11 is 4.79. The average molecular weight is 367 g/mol. The number of halogens is 1. The topological polar surface area (TPSA) is 64.3 Å². The first-order chi connectivity index (χ1) is 10.1. The first kappa shape index (κ1) is 15.7. The number of ether oxygens (including phenoxy) is 1. The third-order valence-corrected chi connectivity index (χ3v) is 4.27. The molecule has 2 aromatic carbocycles. The Balaban J connectivity index is 1.91. The predicted molar refractivity (Wildman–Crippen MR) is 90.9 cm³/mol. The molecular formula is C15H15BrN2O2S. The Morgan fingerprint density at radius 3 is 2.67 bits per heavy atom. The molecule has 4 nitrogen and oxygen atoms in total. The number of rotatable bonds is 5. The summed E-state index contributed by atoms with van der Waals surface area (Å²) in [6, 6.07) is 12.8. The monoisotopic (exact) mass is 366 g/mol. The van der Waals surface area contributed by atoms with Crippen LogP contribution in [0.3, 0.4) is 0 Å². The molecule has 6 heteroatoms. The summed E-state index contributed by atoms with van der Waals surface area (Å²) in [7, 11) is 1.60. The number of hydrogen-bond donors (Lipinski definition) is 2. The molecule has 0 bridgehead atoms. The van der Waals surface area contributed by atoms with Crippen LogP contribution < -0.4 is 15.8 Å². The highest BCUT2D eigenvalue weighted by Gasteiger charge is 2.06. The maximum atomic E-state index is 11.9. The zero-order valence-electron chi connectivity index (χ0n) is 11.4. The number of nitrogen functional groups attached to an aromatic ring is 1. The van der Waals surface area contributed by atoms with Crippen molar-refractivity contribution in [2.75, 3.05) is 23.9 Å². The van der Waals surface area contributed by atoms with Crippen molar-refractivity contribution in [2.45, 2.75) is 4.90 Å². The van der Waals surface area contributed by atoms with Gasteiger partial charge in [-0.15, -0.1) is 11.8 Å². The molecule has 0 saturated heterocycles. The fourth-order valence-electron chi connectivity index (χ4n) is 1.65. The standard InChI is InChI=1S/C15H15BrN2O2S/c1-20-12-5-3-11(4-6-12)18-15(19)9-21-14-8-10(16)2-7-13(14)17/h2-8H,9,17H2,1H3,(H,18,19). The molecule has 0 radical (unpaired) electrons. The lowest BCUT2D eigenvalue weighted by Crippen LogP contribution is -2.14. The molecule has 0 fully saturated rings. The van der Waals surface area contributed by atoms with Gasteiger partial charge in [-0.2, -0.15) is 0 Å². The van der Waals surface area contributed by atoms with Crippen molar-refractivity contribution in [3.63, 3.8) is 0 Å². The van der Waals surface area contributed by atoms with E-state index in [1.807, 2.05) is 18.2 Å². The van der Waals surface area contributed by atoms with E-state index in [-0.39, 0.29) is 5.91 Å². The molecule has 2 aromatic rings. The molecule has 1 amide bonds. The number of carbonyl (C=O) groups excluding carboxylic acids is 1. The van der Waals surface area contributed by atoms with E-state index in [1.54, 1.807) is 31.4 Å². The highest BCUT2D eigenvalue weighted by molar-refractivity contribution is 9.10. The van der Waals surface area contributed by atoms with Gasteiger partial charge in [-0.1, -0.05) is 15.9 Å². The van der Waals surface area contributed by atoms with Crippen LogP contribution in [-0.2, 0) is 4.79 Å². The first-order valence-electron chi connectivity index (χ1n) is 6.20. The first-order valence-corrected chi connectivity index (χ1v) is 7.98. The predicted octanol–water partition coefficient (Wildman–Crippen LogP) is 3.77. The maximum absolute atomic E-state index is 11.9. The van der Waals surface area contributed by atoms with Crippen molar-refractivity contribution in [2.24, 2.45) is 0 Å². The second-order valence-electron chi connectivity index (χ2n) is 4.25. The average Bonchev–Trinajstić information content (AvgIpc) is 2.49. The molecule has 0 saturated carbocycles. The molecule has 0 atom stereocenters. The van der Waals surface area contributed by atoms with Gasteiger partial charge in [0.05, 0.1) is 12.9 Å². The van der Waals surface area contributed by atoms with Crippen LogP contribution in [0.15, 0.2) is 51.8 Å².